The Morgan fingerprint density at radius 2 is 1.46 bits per heavy atom. The Balaban J connectivity index is 2.19. The maximum Gasteiger partial charge on any atom is 0.226 e. The molecule has 0 spiro atoms. The van der Waals surface area contributed by atoms with Crippen LogP contribution in [0, 0.1) is 0 Å². The fraction of sp³-hybridized carbons (Fsp3) is 0.381. The zero-order valence-electron chi connectivity index (χ0n) is 15.0. The lowest BCUT2D eigenvalue weighted by Crippen LogP contribution is -2.22. The van der Waals surface area contributed by atoms with E-state index in [0.717, 1.165) is 11.3 Å². The fourth-order valence-corrected chi connectivity index (χ4v) is 2.90. The number of anilines is 1. The Bertz CT molecular complexity index is 651. The summed E-state index contributed by atoms with van der Waals surface area (Å²) in [5.74, 6) is 0.657. The van der Waals surface area contributed by atoms with E-state index in [1.807, 2.05) is 30.3 Å². The molecule has 0 aliphatic carbocycles. The highest BCUT2D eigenvalue weighted by atomic mass is 16.1. The minimum atomic E-state index is -0.292. The molecule has 0 fully saturated rings. The first-order valence-corrected chi connectivity index (χ1v) is 8.63. The lowest BCUT2D eigenvalue weighted by atomic mass is 9.92. The van der Waals surface area contributed by atoms with Crippen molar-refractivity contribution in [1.82, 2.24) is 0 Å². The number of rotatable bonds is 6. The zero-order valence-corrected chi connectivity index (χ0v) is 15.0. The molecule has 1 unspecified atom stereocenters. The van der Waals surface area contributed by atoms with Gasteiger partial charge < -0.3 is 11.1 Å². The van der Waals surface area contributed by atoms with Crippen LogP contribution in [0.2, 0.25) is 0 Å². The molecule has 0 aliphatic heterocycles. The molecule has 0 saturated carbocycles. The Morgan fingerprint density at radius 1 is 0.917 bits per heavy atom. The van der Waals surface area contributed by atoms with Gasteiger partial charge in [-0.3, -0.25) is 4.79 Å². The number of nitrogens with two attached hydrogens (primary N) is 1. The zero-order chi connectivity index (χ0) is 17.7. The number of para-hydroxylation sites is 1. The van der Waals surface area contributed by atoms with Gasteiger partial charge in [0, 0.05) is 18.2 Å². The van der Waals surface area contributed by atoms with E-state index in [-0.39, 0.29) is 18.4 Å². The maximum absolute atomic E-state index is 12.6. The third kappa shape index (κ3) is 4.45. The first-order valence-electron chi connectivity index (χ1n) is 8.63. The molecule has 2 aromatic rings. The summed E-state index contributed by atoms with van der Waals surface area (Å²) < 4.78 is 0. The third-order valence-electron chi connectivity index (χ3n) is 4.27. The van der Waals surface area contributed by atoms with Crippen molar-refractivity contribution in [1.29, 1.82) is 0 Å². The van der Waals surface area contributed by atoms with Gasteiger partial charge in [-0.25, -0.2) is 0 Å². The second kappa shape index (κ2) is 8.11. The number of hydrogen-bond donors (Lipinski definition) is 2. The summed E-state index contributed by atoms with van der Waals surface area (Å²) in [6.45, 7) is 8.57. The van der Waals surface area contributed by atoms with Gasteiger partial charge in [-0.05, 0) is 28.5 Å². The normalized spacial score (nSPS) is 12.5. The second-order valence-corrected chi connectivity index (χ2v) is 6.89. The van der Waals surface area contributed by atoms with Crippen LogP contribution in [-0.4, -0.2) is 5.91 Å². The standard InChI is InChI=1S/C21H28N2O/c1-14(2)17-11-8-12-18(15(3)4)21(17)23-20(24)13-19(22)16-9-6-5-7-10-16/h5-12,14-15,19H,13,22H2,1-4H3,(H,23,24). The SMILES string of the molecule is CC(C)c1cccc(C(C)C)c1NC(=O)CC(N)c1ccccc1. The third-order valence-corrected chi connectivity index (χ3v) is 4.27. The van der Waals surface area contributed by atoms with Gasteiger partial charge in [0.15, 0.2) is 0 Å². The van der Waals surface area contributed by atoms with Gasteiger partial charge in [0.05, 0.1) is 0 Å². The van der Waals surface area contributed by atoms with Crippen molar-refractivity contribution in [3.63, 3.8) is 0 Å². The molecule has 0 heterocycles. The van der Waals surface area contributed by atoms with E-state index in [2.05, 4.69) is 51.2 Å². The average Bonchev–Trinajstić information content (AvgIpc) is 2.55. The minimum Gasteiger partial charge on any atom is -0.325 e. The minimum absolute atomic E-state index is 0.0404. The molecule has 3 nitrogen and oxygen atoms in total. The van der Waals surface area contributed by atoms with Gasteiger partial charge in [0.2, 0.25) is 5.91 Å². The summed E-state index contributed by atoms with van der Waals surface area (Å²) in [4.78, 5) is 12.6. The molecule has 1 atom stereocenters. The number of carbonyl (C=O) groups excluding carboxylic acids is 1. The largest absolute Gasteiger partial charge is 0.325 e. The second-order valence-electron chi connectivity index (χ2n) is 6.89. The number of carbonyl (C=O) groups is 1. The van der Waals surface area contributed by atoms with Crippen molar-refractivity contribution in [2.75, 3.05) is 5.32 Å². The van der Waals surface area contributed by atoms with E-state index >= 15 is 0 Å². The van der Waals surface area contributed by atoms with E-state index in [0.29, 0.717) is 11.8 Å². The predicted octanol–water partition coefficient (Wildman–Crippen LogP) is 4.96. The van der Waals surface area contributed by atoms with E-state index < -0.39 is 0 Å². The van der Waals surface area contributed by atoms with Crippen LogP contribution in [0.25, 0.3) is 0 Å². The Labute approximate surface area is 145 Å². The molecule has 1 amide bonds. The first-order chi connectivity index (χ1) is 11.4. The lowest BCUT2D eigenvalue weighted by Gasteiger charge is -2.21. The van der Waals surface area contributed by atoms with E-state index in [4.69, 9.17) is 5.73 Å². The fourth-order valence-electron chi connectivity index (χ4n) is 2.90. The monoisotopic (exact) mass is 324 g/mol. The van der Waals surface area contributed by atoms with Crippen LogP contribution in [0.4, 0.5) is 5.69 Å². The lowest BCUT2D eigenvalue weighted by molar-refractivity contribution is -0.116. The van der Waals surface area contributed by atoms with Gasteiger partial charge in [0.1, 0.15) is 0 Å². The van der Waals surface area contributed by atoms with Crippen LogP contribution in [0.1, 0.15) is 68.7 Å². The van der Waals surface area contributed by atoms with E-state index in [1.165, 1.54) is 11.1 Å². The highest BCUT2D eigenvalue weighted by Gasteiger charge is 2.17. The van der Waals surface area contributed by atoms with Crippen LogP contribution in [0.5, 0.6) is 0 Å². The molecular formula is C21H28N2O. The van der Waals surface area contributed by atoms with Crippen molar-refractivity contribution in [3.8, 4) is 0 Å². The van der Waals surface area contributed by atoms with Gasteiger partial charge in [0.25, 0.3) is 0 Å². The van der Waals surface area contributed by atoms with Gasteiger partial charge >= 0.3 is 0 Å². The number of hydrogen-bond acceptors (Lipinski definition) is 2. The van der Waals surface area contributed by atoms with Crippen molar-refractivity contribution in [2.45, 2.75) is 52.0 Å². The quantitative estimate of drug-likeness (QED) is 0.789. The molecule has 3 N–H and O–H groups in total. The highest BCUT2D eigenvalue weighted by molar-refractivity contribution is 5.93. The van der Waals surface area contributed by atoms with Crippen molar-refractivity contribution < 1.29 is 4.79 Å². The number of benzene rings is 2. The molecule has 0 aliphatic rings. The Hall–Kier alpha value is -2.13. The van der Waals surface area contributed by atoms with Gasteiger partial charge in [-0.15, -0.1) is 0 Å². The van der Waals surface area contributed by atoms with Crippen LogP contribution in [-0.2, 0) is 4.79 Å². The topological polar surface area (TPSA) is 55.1 Å². The van der Waals surface area contributed by atoms with Crippen LogP contribution < -0.4 is 11.1 Å². The van der Waals surface area contributed by atoms with Crippen LogP contribution >= 0.6 is 0 Å². The Morgan fingerprint density at radius 3 is 1.96 bits per heavy atom. The molecule has 0 saturated heterocycles. The first kappa shape index (κ1) is 18.2. The van der Waals surface area contributed by atoms with Crippen molar-refractivity contribution >= 4 is 11.6 Å². The van der Waals surface area contributed by atoms with Crippen molar-refractivity contribution in [3.05, 3.63) is 65.2 Å². The maximum atomic E-state index is 12.6. The summed E-state index contributed by atoms with van der Waals surface area (Å²) >= 11 is 0. The molecule has 128 valence electrons. The summed E-state index contributed by atoms with van der Waals surface area (Å²) in [5.41, 5.74) is 10.5. The van der Waals surface area contributed by atoms with E-state index in [1.54, 1.807) is 0 Å². The van der Waals surface area contributed by atoms with Crippen LogP contribution in [0.15, 0.2) is 48.5 Å². The molecule has 0 aromatic heterocycles. The number of nitrogens with one attached hydrogen (secondary N) is 1. The number of amides is 1. The Kier molecular flexibility index (Phi) is 6.16. The summed E-state index contributed by atoms with van der Waals surface area (Å²) in [5, 5.41) is 3.12. The van der Waals surface area contributed by atoms with Gasteiger partial charge in [-0.1, -0.05) is 76.2 Å². The smallest absolute Gasteiger partial charge is 0.226 e. The molecular weight excluding hydrogens is 296 g/mol. The molecule has 2 aromatic carbocycles. The molecule has 2 rings (SSSR count). The molecule has 0 radical (unpaired) electrons. The molecule has 24 heavy (non-hydrogen) atoms. The molecule has 3 heteroatoms. The summed E-state index contributed by atoms with van der Waals surface area (Å²) in [6, 6.07) is 15.7. The predicted molar refractivity (Wildman–Crippen MR) is 101 cm³/mol. The van der Waals surface area contributed by atoms with E-state index in [9.17, 15) is 4.79 Å². The summed E-state index contributed by atoms with van der Waals surface area (Å²) in [7, 11) is 0. The van der Waals surface area contributed by atoms with Crippen molar-refractivity contribution in [2.24, 2.45) is 5.73 Å². The van der Waals surface area contributed by atoms with Gasteiger partial charge in [-0.2, -0.15) is 0 Å². The van der Waals surface area contributed by atoms with Crippen LogP contribution in [0.3, 0.4) is 0 Å². The molecule has 0 bridgehead atoms. The average molecular weight is 324 g/mol. The highest BCUT2D eigenvalue weighted by Crippen LogP contribution is 2.32. The summed E-state index contributed by atoms with van der Waals surface area (Å²) in [6.07, 6.45) is 0.272.